The molecule has 0 rings (SSSR count). The van der Waals surface area contributed by atoms with Crippen molar-refractivity contribution in [1.82, 2.24) is 0 Å². The normalized spacial score (nSPS) is 2.40. The maximum Gasteiger partial charge on any atom is 0.0108 e. The summed E-state index contributed by atoms with van der Waals surface area (Å²) >= 11 is 7.58. The van der Waals surface area contributed by atoms with E-state index >= 15 is 0 Å². The van der Waals surface area contributed by atoms with Crippen LogP contribution in [-0.4, -0.2) is 12.2 Å². The molecule has 0 aromatic rings. The third kappa shape index (κ3) is 61.7. The molecule has 0 aromatic carbocycles. The van der Waals surface area contributed by atoms with Crippen LogP contribution in [0.3, 0.4) is 0 Å². The maximum absolute atomic E-state index is 4.64. The largest absolute Gasteiger partial charge is 0.130 e. The molecule has 0 N–H and O–H groups in total. The van der Waals surface area contributed by atoms with Gasteiger partial charge in [0.05, 0.1) is 0 Å². The Labute approximate surface area is 47.7 Å². The van der Waals surface area contributed by atoms with E-state index < -0.39 is 0 Å². The summed E-state index contributed by atoms with van der Waals surface area (Å²) in [5, 5.41) is 0. The smallest absolute Gasteiger partial charge is 0.0108 e. The Morgan fingerprint density at radius 2 is 1.20 bits per heavy atom. The molecule has 0 aliphatic carbocycles. The van der Waals surface area contributed by atoms with Gasteiger partial charge in [0, 0.05) is 6.38 Å². The Kier molecular flexibility index (Phi) is 391. The van der Waals surface area contributed by atoms with Crippen molar-refractivity contribution >= 4 is 27.5 Å². The van der Waals surface area contributed by atoms with Crippen molar-refractivity contribution in [3.63, 3.8) is 0 Å². The molecule has 0 aliphatic rings. The maximum atomic E-state index is 4.64. The lowest BCUT2D eigenvalue weighted by Gasteiger charge is -1.06. The first-order chi connectivity index (χ1) is 2.00. The van der Waals surface area contributed by atoms with Gasteiger partial charge >= 0.3 is 0 Å². The molecule has 0 saturated carbocycles. The lowest BCUT2D eigenvalue weighted by atomic mass is 12.0. The predicted octanol–water partition coefficient (Wildman–Crippen LogP) is 2.50. The van der Waals surface area contributed by atoms with Gasteiger partial charge in [-0.3, -0.25) is 0 Å². The fraction of sp³-hybridized carbons (Fsp3) is 1.00. The molecule has 5 heavy (non-hydrogen) atoms. The van der Waals surface area contributed by atoms with Crippen molar-refractivity contribution in [3.05, 3.63) is 0 Å². The number of halogens is 2. The summed E-state index contributed by atoms with van der Waals surface area (Å²) in [4.78, 5) is 0. The van der Waals surface area contributed by atoms with Gasteiger partial charge in [0.25, 0.3) is 0 Å². The molecule has 0 bridgehead atoms. The Bertz CT molecular complexity index is 6.85. The van der Waals surface area contributed by atoms with E-state index in [4.69, 9.17) is 0 Å². The average molecular weight is 161 g/mol. The zero-order valence-electron chi connectivity index (χ0n) is 2.76. The first-order valence-electron chi connectivity index (χ1n) is 0.756. The summed E-state index contributed by atoms with van der Waals surface area (Å²) in [5.74, 6) is 1.81. The molecular weight excluding hydrogens is 151 g/mol. The van der Waals surface area contributed by atoms with Crippen LogP contribution in [0.4, 0.5) is 0 Å². The van der Waals surface area contributed by atoms with E-state index in [1.807, 2.05) is 5.83 Å². The molecule has 0 nitrogen and oxygen atoms in total. The van der Waals surface area contributed by atoms with E-state index in [1.165, 1.54) is 6.38 Å². The fourth-order valence-corrected chi connectivity index (χ4v) is 0. The van der Waals surface area contributed by atoms with Crippen molar-refractivity contribution in [2.75, 3.05) is 12.2 Å². The van der Waals surface area contributed by atoms with E-state index in [-0.39, 0.29) is 7.43 Å². The van der Waals surface area contributed by atoms with Gasteiger partial charge < -0.3 is 0 Å². The van der Waals surface area contributed by atoms with Crippen LogP contribution >= 0.6 is 27.5 Å². The Morgan fingerprint density at radius 3 is 1.20 bits per heavy atom. The molecule has 0 aromatic heterocycles. The minimum atomic E-state index is 0. The zero-order valence-corrected chi connectivity index (χ0v) is 5.10. The Balaban J connectivity index is -0.0000000133. The van der Waals surface area contributed by atoms with Crippen LogP contribution in [0.2, 0.25) is 0 Å². The first kappa shape index (κ1) is 17.1. The second-order valence-corrected chi connectivity index (χ2v) is 0. The van der Waals surface area contributed by atoms with Gasteiger partial charge in [0.2, 0.25) is 0 Å². The average Bonchev–Trinajstić information content (AvgIpc) is 1.50. The zero-order chi connectivity index (χ0) is 4.00. The van der Waals surface area contributed by atoms with E-state index in [1.54, 1.807) is 0 Å². The molecule has 36 valence electrons. The van der Waals surface area contributed by atoms with E-state index in [9.17, 15) is 0 Å². The SMILES string of the molecule is C.CBr.CCl. The molecule has 0 spiro atoms. The number of hydrogen-bond donors (Lipinski definition) is 0. The van der Waals surface area contributed by atoms with Gasteiger partial charge in [0.15, 0.2) is 0 Å². The quantitative estimate of drug-likeness (QED) is 0.479. The van der Waals surface area contributed by atoms with Crippen molar-refractivity contribution in [2.45, 2.75) is 7.43 Å². The van der Waals surface area contributed by atoms with Crippen molar-refractivity contribution in [3.8, 4) is 0 Å². The molecule has 0 heterocycles. The summed E-state index contributed by atoms with van der Waals surface area (Å²) in [6.07, 6.45) is 1.47. The molecule has 0 saturated heterocycles. The van der Waals surface area contributed by atoms with Crippen molar-refractivity contribution in [2.24, 2.45) is 0 Å². The summed E-state index contributed by atoms with van der Waals surface area (Å²) < 4.78 is 0. The van der Waals surface area contributed by atoms with Crippen LogP contribution < -0.4 is 0 Å². The minimum Gasteiger partial charge on any atom is -0.130 e. The third-order valence-electron chi connectivity index (χ3n) is 0. The first-order valence-corrected chi connectivity index (χ1v) is 3.10. The monoisotopic (exact) mass is 160 g/mol. The molecule has 0 amide bonds. The van der Waals surface area contributed by atoms with Gasteiger partial charge in [-0.05, 0) is 5.83 Å². The van der Waals surface area contributed by atoms with Crippen LogP contribution in [-0.2, 0) is 0 Å². The second-order valence-electron chi connectivity index (χ2n) is 0. The highest BCUT2D eigenvalue weighted by Gasteiger charge is 0.949. The molecule has 0 radical (unpaired) electrons. The van der Waals surface area contributed by atoms with Crippen LogP contribution in [0.15, 0.2) is 0 Å². The minimum absolute atomic E-state index is 0. The van der Waals surface area contributed by atoms with E-state index in [2.05, 4.69) is 27.5 Å². The Hall–Kier alpha value is 0.770. The van der Waals surface area contributed by atoms with Gasteiger partial charge in [-0.1, -0.05) is 23.4 Å². The molecule has 0 atom stereocenters. The van der Waals surface area contributed by atoms with Crippen molar-refractivity contribution < 1.29 is 0 Å². The van der Waals surface area contributed by atoms with E-state index in [0.29, 0.717) is 0 Å². The third-order valence-corrected chi connectivity index (χ3v) is 0. The van der Waals surface area contributed by atoms with Gasteiger partial charge in [0.1, 0.15) is 0 Å². The van der Waals surface area contributed by atoms with Gasteiger partial charge in [-0.25, -0.2) is 0 Å². The Morgan fingerprint density at radius 1 is 1.20 bits per heavy atom. The van der Waals surface area contributed by atoms with Gasteiger partial charge in [-0.15, -0.1) is 11.6 Å². The highest BCUT2D eigenvalue weighted by atomic mass is 79.9. The number of hydrogen-bond acceptors (Lipinski definition) is 0. The summed E-state index contributed by atoms with van der Waals surface area (Å²) in [6.45, 7) is 0. The van der Waals surface area contributed by atoms with Crippen molar-refractivity contribution in [1.29, 1.82) is 0 Å². The van der Waals surface area contributed by atoms with E-state index in [0.717, 1.165) is 0 Å². The summed E-state index contributed by atoms with van der Waals surface area (Å²) in [6, 6.07) is 0. The highest BCUT2D eigenvalue weighted by Crippen LogP contribution is 1.45. The molecule has 0 fully saturated rings. The highest BCUT2D eigenvalue weighted by molar-refractivity contribution is 9.08. The topological polar surface area (TPSA) is 0 Å². The molecule has 0 unspecified atom stereocenters. The van der Waals surface area contributed by atoms with Crippen LogP contribution in [0.5, 0.6) is 0 Å². The summed E-state index contributed by atoms with van der Waals surface area (Å²) in [5.41, 5.74) is 0. The molecule has 2 heteroatoms. The molecular formula is C3H10BrCl. The lowest BCUT2D eigenvalue weighted by Crippen LogP contribution is -0.852. The van der Waals surface area contributed by atoms with Gasteiger partial charge in [-0.2, -0.15) is 0 Å². The molecule has 0 aliphatic heterocycles. The standard InChI is InChI=1S/CH3Br.CH3Cl.CH4/c2*1-2;/h2*1H3;1H4. The van der Waals surface area contributed by atoms with Crippen LogP contribution in [0.1, 0.15) is 7.43 Å². The fourth-order valence-electron chi connectivity index (χ4n) is 0. The number of alkyl halides is 2. The van der Waals surface area contributed by atoms with Crippen LogP contribution in [0, 0.1) is 0 Å². The lowest BCUT2D eigenvalue weighted by molar-refractivity contribution is 2.46. The second kappa shape index (κ2) is 114. The predicted molar refractivity (Wildman–Crippen MR) is 33.4 cm³/mol. The van der Waals surface area contributed by atoms with Crippen LogP contribution in [0.25, 0.3) is 0 Å². The summed E-state index contributed by atoms with van der Waals surface area (Å²) in [7, 11) is 0. The number of rotatable bonds is 0.